The Morgan fingerprint density at radius 3 is 2.42 bits per heavy atom. The number of aliphatic hydroxyl groups excluding tert-OH is 1. The first-order valence-electron chi connectivity index (χ1n) is 6.03. The molecule has 4 nitrogen and oxygen atoms in total. The van der Waals surface area contributed by atoms with Crippen molar-refractivity contribution in [1.29, 1.82) is 0 Å². The van der Waals surface area contributed by atoms with Crippen LogP contribution in [0.4, 0.5) is 5.69 Å². The second-order valence-electron chi connectivity index (χ2n) is 4.17. The third-order valence-corrected chi connectivity index (χ3v) is 2.89. The summed E-state index contributed by atoms with van der Waals surface area (Å²) in [6, 6.07) is 14.3. The van der Waals surface area contributed by atoms with Gasteiger partial charge in [0.05, 0.1) is 6.61 Å². The standard InChI is InChI=1S/C15H16N2O2/c16-9-11-5-7-12(8-6-11)15(19)17-14-4-2-1-3-13(14)10-18/h1-8,18H,9-10,16H2,(H,17,19). The van der Waals surface area contributed by atoms with Crippen molar-refractivity contribution in [3.8, 4) is 0 Å². The lowest BCUT2D eigenvalue weighted by molar-refractivity contribution is 0.102. The summed E-state index contributed by atoms with van der Waals surface area (Å²) < 4.78 is 0. The first-order valence-corrected chi connectivity index (χ1v) is 6.03. The number of nitrogens with one attached hydrogen (secondary N) is 1. The van der Waals surface area contributed by atoms with E-state index in [0.717, 1.165) is 5.56 Å². The summed E-state index contributed by atoms with van der Waals surface area (Å²) in [4.78, 5) is 12.1. The zero-order chi connectivity index (χ0) is 13.7. The normalized spacial score (nSPS) is 10.2. The average Bonchev–Trinajstić information content (AvgIpc) is 2.48. The van der Waals surface area contributed by atoms with E-state index in [1.165, 1.54) is 0 Å². The smallest absolute Gasteiger partial charge is 0.255 e. The second-order valence-corrected chi connectivity index (χ2v) is 4.17. The molecule has 19 heavy (non-hydrogen) atoms. The molecule has 0 saturated carbocycles. The van der Waals surface area contributed by atoms with Crippen molar-refractivity contribution >= 4 is 11.6 Å². The molecule has 0 atom stereocenters. The van der Waals surface area contributed by atoms with Crippen LogP contribution in [0.5, 0.6) is 0 Å². The third-order valence-electron chi connectivity index (χ3n) is 2.89. The number of carbonyl (C=O) groups is 1. The van der Waals surface area contributed by atoms with E-state index in [9.17, 15) is 9.90 Å². The molecule has 0 aliphatic heterocycles. The average molecular weight is 256 g/mol. The number of amides is 1. The molecule has 98 valence electrons. The van der Waals surface area contributed by atoms with Crippen LogP contribution >= 0.6 is 0 Å². The molecule has 0 aliphatic carbocycles. The van der Waals surface area contributed by atoms with Crippen LogP contribution in [0, 0.1) is 0 Å². The fourth-order valence-corrected chi connectivity index (χ4v) is 1.77. The van der Waals surface area contributed by atoms with E-state index in [1.807, 2.05) is 24.3 Å². The Bertz CT molecular complexity index is 565. The van der Waals surface area contributed by atoms with Gasteiger partial charge in [-0.3, -0.25) is 4.79 Å². The molecule has 0 heterocycles. The predicted octanol–water partition coefficient (Wildman–Crippen LogP) is 1.89. The topological polar surface area (TPSA) is 75.4 Å². The fourth-order valence-electron chi connectivity index (χ4n) is 1.77. The Kier molecular flexibility index (Phi) is 4.28. The molecule has 0 spiro atoms. The van der Waals surface area contributed by atoms with E-state index in [1.54, 1.807) is 24.3 Å². The van der Waals surface area contributed by atoms with E-state index >= 15 is 0 Å². The van der Waals surface area contributed by atoms with Crippen molar-refractivity contribution in [2.45, 2.75) is 13.2 Å². The van der Waals surface area contributed by atoms with E-state index in [0.29, 0.717) is 23.4 Å². The predicted molar refractivity (Wildman–Crippen MR) is 74.7 cm³/mol. The van der Waals surface area contributed by atoms with Crippen molar-refractivity contribution in [2.75, 3.05) is 5.32 Å². The monoisotopic (exact) mass is 256 g/mol. The largest absolute Gasteiger partial charge is 0.392 e. The highest BCUT2D eigenvalue weighted by molar-refractivity contribution is 6.04. The lowest BCUT2D eigenvalue weighted by Crippen LogP contribution is -2.13. The molecule has 1 amide bonds. The van der Waals surface area contributed by atoms with Gasteiger partial charge in [-0.05, 0) is 23.8 Å². The van der Waals surface area contributed by atoms with Crippen LogP contribution in [0.25, 0.3) is 0 Å². The van der Waals surface area contributed by atoms with Gasteiger partial charge in [-0.1, -0.05) is 30.3 Å². The molecular formula is C15H16N2O2. The molecule has 2 rings (SSSR count). The van der Waals surface area contributed by atoms with Gasteiger partial charge in [0.15, 0.2) is 0 Å². The quantitative estimate of drug-likeness (QED) is 0.782. The maximum absolute atomic E-state index is 12.1. The molecule has 0 radical (unpaired) electrons. The number of aliphatic hydroxyl groups is 1. The van der Waals surface area contributed by atoms with E-state index in [-0.39, 0.29) is 12.5 Å². The third kappa shape index (κ3) is 3.19. The van der Waals surface area contributed by atoms with Gasteiger partial charge in [0, 0.05) is 23.4 Å². The van der Waals surface area contributed by atoms with E-state index in [4.69, 9.17) is 5.73 Å². The lowest BCUT2D eigenvalue weighted by atomic mass is 10.1. The number of anilines is 1. The summed E-state index contributed by atoms with van der Waals surface area (Å²) >= 11 is 0. The Morgan fingerprint density at radius 2 is 1.79 bits per heavy atom. The molecule has 4 N–H and O–H groups in total. The Morgan fingerprint density at radius 1 is 1.11 bits per heavy atom. The first-order chi connectivity index (χ1) is 9.24. The van der Waals surface area contributed by atoms with Gasteiger partial charge in [0.1, 0.15) is 0 Å². The number of rotatable bonds is 4. The van der Waals surface area contributed by atoms with Crippen LogP contribution in [0.2, 0.25) is 0 Å². The lowest BCUT2D eigenvalue weighted by Gasteiger charge is -2.09. The minimum absolute atomic E-state index is 0.109. The van der Waals surface area contributed by atoms with E-state index in [2.05, 4.69) is 5.32 Å². The molecule has 2 aromatic carbocycles. The van der Waals surface area contributed by atoms with Gasteiger partial charge in [-0.2, -0.15) is 0 Å². The molecule has 0 aliphatic rings. The zero-order valence-corrected chi connectivity index (χ0v) is 10.5. The summed E-state index contributed by atoms with van der Waals surface area (Å²) in [5.74, 6) is -0.204. The van der Waals surface area contributed by atoms with Gasteiger partial charge < -0.3 is 16.2 Å². The Labute approximate surface area is 111 Å². The second kappa shape index (κ2) is 6.13. The van der Waals surface area contributed by atoms with Gasteiger partial charge >= 0.3 is 0 Å². The SMILES string of the molecule is NCc1ccc(C(=O)Nc2ccccc2CO)cc1. The number of carbonyl (C=O) groups excluding carboxylic acids is 1. The molecule has 0 unspecified atom stereocenters. The minimum atomic E-state index is -0.204. The summed E-state index contributed by atoms with van der Waals surface area (Å²) in [5, 5.41) is 12.0. The van der Waals surface area contributed by atoms with Crippen LogP contribution in [0.15, 0.2) is 48.5 Å². The molecule has 0 aromatic heterocycles. The number of para-hydroxylation sites is 1. The summed E-state index contributed by atoms with van der Waals surface area (Å²) in [5.41, 5.74) is 8.36. The van der Waals surface area contributed by atoms with Gasteiger partial charge in [-0.25, -0.2) is 0 Å². The van der Waals surface area contributed by atoms with Gasteiger partial charge in [0.2, 0.25) is 0 Å². The zero-order valence-electron chi connectivity index (χ0n) is 10.5. The van der Waals surface area contributed by atoms with Gasteiger partial charge in [0.25, 0.3) is 5.91 Å². The summed E-state index contributed by atoms with van der Waals surface area (Å²) in [6.07, 6.45) is 0. The minimum Gasteiger partial charge on any atom is -0.392 e. The van der Waals surface area contributed by atoms with Crippen molar-refractivity contribution in [1.82, 2.24) is 0 Å². The number of benzene rings is 2. The molecule has 0 bridgehead atoms. The van der Waals surface area contributed by atoms with Crippen LogP contribution in [-0.4, -0.2) is 11.0 Å². The summed E-state index contributed by atoms with van der Waals surface area (Å²) in [6.45, 7) is 0.345. The molecular weight excluding hydrogens is 240 g/mol. The number of hydrogen-bond acceptors (Lipinski definition) is 3. The molecule has 0 saturated heterocycles. The highest BCUT2D eigenvalue weighted by Crippen LogP contribution is 2.16. The van der Waals surface area contributed by atoms with Crippen LogP contribution < -0.4 is 11.1 Å². The number of nitrogens with two attached hydrogens (primary N) is 1. The number of hydrogen-bond donors (Lipinski definition) is 3. The van der Waals surface area contributed by atoms with Crippen LogP contribution in [0.3, 0.4) is 0 Å². The highest BCUT2D eigenvalue weighted by Gasteiger charge is 2.08. The Hall–Kier alpha value is -2.17. The van der Waals surface area contributed by atoms with Crippen molar-refractivity contribution in [3.05, 3.63) is 65.2 Å². The van der Waals surface area contributed by atoms with Gasteiger partial charge in [-0.15, -0.1) is 0 Å². The van der Waals surface area contributed by atoms with Crippen molar-refractivity contribution in [3.63, 3.8) is 0 Å². The van der Waals surface area contributed by atoms with Crippen molar-refractivity contribution < 1.29 is 9.90 Å². The molecule has 0 fully saturated rings. The first kappa shape index (κ1) is 13.3. The maximum atomic E-state index is 12.1. The maximum Gasteiger partial charge on any atom is 0.255 e. The molecule has 2 aromatic rings. The Balaban J connectivity index is 2.16. The fraction of sp³-hybridized carbons (Fsp3) is 0.133. The van der Waals surface area contributed by atoms with E-state index < -0.39 is 0 Å². The van der Waals surface area contributed by atoms with Crippen LogP contribution in [-0.2, 0) is 13.2 Å². The summed E-state index contributed by atoms with van der Waals surface area (Å²) in [7, 11) is 0. The van der Waals surface area contributed by atoms with Crippen molar-refractivity contribution in [2.24, 2.45) is 5.73 Å². The van der Waals surface area contributed by atoms with Crippen LogP contribution in [0.1, 0.15) is 21.5 Å². The highest BCUT2D eigenvalue weighted by atomic mass is 16.3. The molecule has 4 heteroatoms.